The summed E-state index contributed by atoms with van der Waals surface area (Å²) in [5, 5.41) is 4.58. The van der Waals surface area contributed by atoms with E-state index < -0.39 is 0 Å². The molecule has 0 unspecified atom stereocenters. The summed E-state index contributed by atoms with van der Waals surface area (Å²) >= 11 is 0. The molecule has 0 N–H and O–H groups in total. The molecular weight excluding hydrogens is 370 g/mol. The van der Waals surface area contributed by atoms with Gasteiger partial charge in [0.2, 0.25) is 0 Å². The zero-order chi connectivity index (χ0) is 21.0. The van der Waals surface area contributed by atoms with E-state index in [0.29, 0.717) is 38.3 Å². The molecule has 1 fully saturated rings. The maximum absolute atomic E-state index is 12.8. The van der Waals surface area contributed by atoms with Crippen LogP contribution in [0.15, 0.2) is 29.1 Å². The van der Waals surface area contributed by atoms with Crippen molar-refractivity contribution in [2.75, 3.05) is 45.8 Å². The van der Waals surface area contributed by atoms with E-state index >= 15 is 0 Å². The van der Waals surface area contributed by atoms with Gasteiger partial charge in [-0.1, -0.05) is 0 Å². The molecule has 3 rings (SSSR count). The van der Waals surface area contributed by atoms with Gasteiger partial charge in [-0.05, 0) is 44.0 Å². The first-order valence-corrected chi connectivity index (χ1v) is 10.2. The van der Waals surface area contributed by atoms with Gasteiger partial charge in [0.1, 0.15) is 5.82 Å². The maximum atomic E-state index is 12.8. The largest absolute Gasteiger partial charge is 0.383 e. The first-order valence-electron chi connectivity index (χ1n) is 10.2. The summed E-state index contributed by atoms with van der Waals surface area (Å²) in [6.07, 6.45) is 1.62. The third-order valence-electron chi connectivity index (χ3n) is 5.55. The van der Waals surface area contributed by atoms with E-state index in [0.717, 1.165) is 24.4 Å². The average Bonchev–Trinajstić information content (AvgIpc) is 3.07. The number of amides is 1. The summed E-state index contributed by atoms with van der Waals surface area (Å²) in [5.74, 6) is 1.08. The first-order chi connectivity index (χ1) is 14.0. The number of benzene rings is 1. The molecule has 0 aliphatic carbocycles. The third kappa shape index (κ3) is 4.53. The van der Waals surface area contributed by atoms with Gasteiger partial charge in [-0.25, -0.2) is 9.48 Å². The normalized spacial score (nSPS) is 15.0. The predicted molar refractivity (Wildman–Crippen MR) is 113 cm³/mol. The Balaban J connectivity index is 1.67. The second kappa shape index (κ2) is 9.26. The number of carbonyl (C=O) groups excluding carboxylic acids is 1. The van der Waals surface area contributed by atoms with E-state index in [1.54, 1.807) is 11.7 Å². The Kier molecular flexibility index (Phi) is 6.74. The lowest BCUT2D eigenvalue weighted by atomic mass is 9.95. The second-order valence-electron chi connectivity index (χ2n) is 7.61. The Morgan fingerprint density at radius 3 is 2.41 bits per heavy atom. The maximum Gasteiger partial charge on any atom is 0.345 e. The van der Waals surface area contributed by atoms with Crippen LogP contribution in [0.25, 0.3) is 0 Å². The molecule has 1 aromatic carbocycles. The van der Waals surface area contributed by atoms with Crippen LogP contribution in [0.5, 0.6) is 0 Å². The lowest BCUT2D eigenvalue weighted by molar-refractivity contribution is 0.0710. The van der Waals surface area contributed by atoms with Crippen molar-refractivity contribution in [1.82, 2.24) is 19.2 Å². The fourth-order valence-corrected chi connectivity index (χ4v) is 3.81. The van der Waals surface area contributed by atoms with Crippen LogP contribution < -0.4 is 10.6 Å². The van der Waals surface area contributed by atoms with E-state index in [2.05, 4.69) is 5.10 Å². The van der Waals surface area contributed by atoms with Crippen molar-refractivity contribution in [2.45, 2.75) is 38.8 Å². The molecule has 1 aliphatic heterocycles. The number of anilines is 1. The number of rotatable bonds is 7. The van der Waals surface area contributed by atoms with Gasteiger partial charge in [0.25, 0.3) is 5.91 Å². The Morgan fingerprint density at radius 1 is 1.21 bits per heavy atom. The smallest absolute Gasteiger partial charge is 0.345 e. The topological polar surface area (TPSA) is 72.6 Å². The molecule has 8 nitrogen and oxygen atoms in total. The molecule has 2 heterocycles. The van der Waals surface area contributed by atoms with Gasteiger partial charge in [0, 0.05) is 58.0 Å². The summed E-state index contributed by atoms with van der Waals surface area (Å²) in [7, 11) is 5.58. The van der Waals surface area contributed by atoms with Crippen LogP contribution in [0.3, 0.4) is 0 Å². The molecule has 0 atom stereocenters. The van der Waals surface area contributed by atoms with Gasteiger partial charge < -0.3 is 14.5 Å². The minimum atomic E-state index is -0.0842. The molecule has 1 aromatic heterocycles. The highest BCUT2D eigenvalue weighted by Crippen LogP contribution is 2.27. The minimum absolute atomic E-state index is 0.0623. The highest BCUT2D eigenvalue weighted by Gasteiger charge is 2.28. The molecular formula is C21H31N5O3. The van der Waals surface area contributed by atoms with Gasteiger partial charge in [-0.15, -0.1) is 0 Å². The average molecular weight is 402 g/mol. The summed E-state index contributed by atoms with van der Waals surface area (Å²) < 4.78 is 8.32. The van der Waals surface area contributed by atoms with Gasteiger partial charge >= 0.3 is 5.69 Å². The molecule has 2 aromatic rings. The van der Waals surface area contributed by atoms with Crippen molar-refractivity contribution in [3.05, 3.63) is 46.1 Å². The molecule has 158 valence electrons. The van der Waals surface area contributed by atoms with Crippen molar-refractivity contribution >= 4 is 11.6 Å². The van der Waals surface area contributed by atoms with Gasteiger partial charge in [0.15, 0.2) is 0 Å². The van der Waals surface area contributed by atoms with Crippen molar-refractivity contribution < 1.29 is 9.53 Å². The molecule has 0 saturated carbocycles. The third-order valence-corrected chi connectivity index (χ3v) is 5.55. The molecule has 0 bridgehead atoms. The van der Waals surface area contributed by atoms with Crippen LogP contribution in [0.1, 0.15) is 41.9 Å². The molecule has 1 amide bonds. The highest BCUT2D eigenvalue weighted by atomic mass is 16.5. The Labute approximate surface area is 171 Å². The number of ether oxygens (including phenoxy) is 1. The SMILES string of the molecule is CCn1c(C2CCN(C(=O)c3ccc(N(C)C)cc3)CC2)nn(CCOC)c1=O. The standard InChI is InChI=1S/C21H31N5O3/c1-5-25-19(22-26(21(25)28)14-15-29-4)16-10-12-24(13-11-16)20(27)17-6-8-18(9-7-17)23(2)3/h6-9,16H,5,10-15H2,1-4H3. The van der Waals surface area contributed by atoms with Crippen molar-refractivity contribution in [3.63, 3.8) is 0 Å². The first kappa shape index (κ1) is 21.1. The zero-order valence-corrected chi connectivity index (χ0v) is 17.8. The van der Waals surface area contributed by atoms with Gasteiger partial charge in [0.05, 0.1) is 13.2 Å². The molecule has 8 heteroatoms. The summed E-state index contributed by atoms with van der Waals surface area (Å²) in [4.78, 5) is 29.3. The minimum Gasteiger partial charge on any atom is -0.383 e. The Hall–Kier alpha value is -2.61. The fraction of sp³-hybridized carbons (Fsp3) is 0.571. The van der Waals surface area contributed by atoms with E-state index in [1.807, 2.05) is 55.1 Å². The lowest BCUT2D eigenvalue weighted by Crippen LogP contribution is -2.38. The highest BCUT2D eigenvalue weighted by molar-refractivity contribution is 5.94. The van der Waals surface area contributed by atoms with Gasteiger partial charge in [-0.3, -0.25) is 9.36 Å². The van der Waals surface area contributed by atoms with E-state index in [4.69, 9.17) is 4.74 Å². The summed E-state index contributed by atoms with van der Waals surface area (Å²) in [6.45, 7) is 4.81. The predicted octanol–water partition coefficient (Wildman–Crippen LogP) is 1.80. The molecule has 1 saturated heterocycles. The number of carbonyl (C=O) groups is 1. The van der Waals surface area contributed by atoms with E-state index in [-0.39, 0.29) is 17.5 Å². The number of hydrogen-bond acceptors (Lipinski definition) is 5. The number of aromatic nitrogens is 3. The molecule has 0 radical (unpaired) electrons. The quantitative estimate of drug-likeness (QED) is 0.707. The van der Waals surface area contributed by atoms with E-state index in [1.165, 1.54) is 4.68 Å². The van der Waals surface area contributed by atoms with Crippen LogP contribution in [-0.2, 0) is 17.8 Å². The van der Waals surface area contributed by atoms with Crippen molar-refractivity contribution in [1.29, 1.82) is 0 Å². The number of hydrogen-bond donors (Lipinski definition) is 0. The van der Waals surface area contributed by atoms with Crippen molar-refractivity contribution in [3.8, 4) is 0 Å². The van der Waals surface area contributed by atoms with Crippen molar-refractivity contribution in [2.24, 2.45) is 0 Å². The van der Waals surface area contributed by atoms with Gasteiger partial charge in [-0.2, -0.15) is 5.10 Å². The Bertz CT molecular complexity index is 877. The van der Waals surface area contributed by atoms with Crippen LogP contribution in [0.2, 0.25) is 0 Å². The summed E-state index contributed by atoms with van der Waals surface area (Å²) in [6, 6.07) is 7.70. The number of methoxy groups -OCH3 is 1. The number of likely N-dealkylation sites (tertiary alicyclic amines) is 1. The Morgan fingerprint density at radius 2 is 1.86 bits per heavy atom. The molecule has 29 heavy (non-hydrogen) atoms. The second-order valence-corrected chi connectivity index (χ2v) is 7.61. The fourth-order valence-electron chi connectivity index (χ4n) is 3.81. The van der Waals surface area contributed by atoms with Crippen LogP contribution in [0, 0.1) is 0 Å². The number of piperidine rings is 1. The molecule has 0 spiro atoms. The number of nitrogens with zero attached hydrogens (tertiary/aromatic N) is 5. The van der Waals surface area contributed by atoms with Crippen LogP contribution in [-0.4, -0.2) is 66.1 Å². The zero-order valence-electron chi connectivity index (χ0n) is 17.8. The van der Waals surface area contributed by atoms with E-state index in [9.17, 15) is 9.59 Å². The van der Waals surface area contributed by atoms with Crippen LogP contribution >= 0.6 is 0 Å². The monoisotopic (exact) mass is 401 g/mol. The lowest BCUT2D eigenvalue weighted by Gasteiger charge is -2.31. The summed E-state index contributed by atoms with van der Waals surface area (Å²) in [5.41, 5.74) is 1.70. The molecule has 1 aliphatic rings. The van der Waals surface area contributed by atoms with Crippen LogP contribution in [0.4, 0.5) is 5.69 Å².